The van der Waals surface area contributed by atoms with E-state index in [-0.39, 0.29) is 11.1 Å². The second-order valence-corrected chi connectivity index (χ2v) is 11.9. The highest BCUT2D eigenvalue weighted by molar-refractivity contribution is 5.88. The van der Waals surface area contributed by atoms with Crippen molar-refractivity contribution in [2.24, 2.45) is 5.92 Å². The van der Waals surface area contributed by atoms with E-state index in [0.29, 0.717) is 12.0 Å². The van der Waals surface area contributed by atoms with Gasteiger partial charge in [-0.25, -0.2) is 4.79 Å². The van der Waals surface area contributed by atoms with Crippen LogP contribution in [0.4, 0.5) is 0 Å². The lowest BCUT2D eigenvalue weighted by Gasteiger charge is -2.50. The SMILES string of the molecule is COc1ccc(CN(CC2CCOC2)C2CC(C)(C)NC(C)(C)C2)cc1.O=C(O)CC(O)(CC(=O)O)C(=O)O. The van der Waals surface area contributed by atoms with E-state index in [1.54, 1.807) is 7.11 Å². The molecule has 220 valence electrons. The summed E-state index contributed by atoms with van der Waals surface area (Å²) in [5.41, 5.74) is -1.05. The zero-order valence-corrected chi connectivity index (χ0v) is 23.6. The first-order valence-corrected chi connectivity index (χ1v) is 13.2. The highest BCUT2D eigenvalue weighted by Gasteiger charge is 2.41. The Morgan fingerprint density at radius 3 is 1.97 bits per heavy atom. The third-order valence-electron chi connectivity index (χ3n) is 7.03. The lowest BCUT2D eigenvalue weighted by atomic mass is 9.78. The van der Waals surface area contributed by atoms with Gasteiger partial charge in [0, 0.05) is 36.8 Å². The van der Waals surface area contributed by atoms with Gasteiger partial charge in [-0.15, -0.1) is 0 Å². The minimum atomic E-state index is -2.74. The topological polar surface area (TPSA) is 166 Å². The van der Waals surface area contributed by atoms with E-state index in [9.17, 15) is 14.4 Å². The smallest absolute Gasteiger partial charge is 0.336 e. The van der Waals surface area contributed by atoms with E-state index < -0.39 is 36.4 Å². The quantitative estimate of drug-likeness (QED) is 0.274. The van der Waals surface area contributed by atoms with Gasteiger partial charge < -0.3 is 35.2 Å². The Labute approximate surface area is 230 Å². The van der Waals surface area contributed by atoms with Crippen molar-refractivity contribution in [2.75, 3.05) is 26.9 Å². The number of piperidine rings is 1. The first-order chi connectivity index (χ1) is 18.0. The summed E-state index contributed by atoms with van der Waals surface area (Å²) >= 11 is 0. The summed E-state index contributed by atoms with van der Waals surface area (Å²) in [5.74, 6) is -3.43. The van der Waals surface area contributed by atoms with E-state index in [4.69, 9.17) is 29.9 Å². The highest BCUT2D eigenvalue weighted by Crippen LogP contribution is 2.33. The third-order valence-corrected chi connectivity index (χ3v) is 7.03. The maximum Gasteiger partial charge on any atom is 0.336 e. The van der Waals surface area contributed by atoms with Gasteiger partial charge in [-0.2, -0.15) is 0 Å². The molecule has 1 aromatic carbocycles. The van der Waals surface area contributed by atoms with Gasteiger partial charge in [0.15, 0.2) is 5.60 Å². The van der Waals surface area contributed by atoms with Crippen LogP contribution in [0.25, 0.3) is 0 Å². The maximum atomic E-state index is 10.3. The number of methoxy groups -OCH3 is 1. The highest BCUT2D eigenvalue weighted by atomic mass is 16.5. The Bertz CT molecular complexity index is 940. The summed E-state index contributed by atoms with van der Waals surface area (Å²) < 4.78 is 11.0. The molecule has 0 spiro atoms. The fourth-order valence-corrected chi connectivity index (χ4v) is 5.61. The summed E-state index contributed by atoms with van der Waals surface area (Å²) in [6.45, 7) is 13.3. The molecule has 1 unspecified atom stereocenters. The number of benzene rings is 1. The lowest BCUT2D eigenvalue weighted by Crippen LogP contribution is -2.62. The standard InChI is InChI=1S/C22H36N2O2.C6H8O7/c1-21(2)12-19(13-22(3,4)23-21)24(15-18-10-11-26-16-18)14-17-6-8-20(25-5)9-7-17;7-3(8)1-6(13,5(11)12)2-4(9)10/h6-9,18-19,23H,10-16H2,1-5H3;13H,1-2H2,(H,7,8)(H,9,10)(H,11,12). The van der Waals surface area contributed by atoms with Crippen molar-refractivity contribution in [2.45, 2.75) is 89.1 Å². The lowest BCUT2D eigenvalue weighted by molar-refractivity contribution is -0.170. The number of rotatable bonds is 11. The van der Waals surface area contributed by atoms with Gasteiger partial charge in [0.25, 0.3) is 0 Å². The van der Waals surface area contributed by atoms with Gasteiger partial charge in [-0.1, -0.05) is 12.1 Å². The molecule has 2 saturated heterocycles. The molecule has 0 aromatic heterocycles. The van der Waals surface area contributed by atoms with Crippen LogP contribution in [0.3, 0.4) is 0 Å². The first-order valence-electron chi connectivity index (χ1n) is 13.2. The van der Waals surface area contributed by atoms with Crippen molar-refractivity contribution < 1.29 is 44.3 Å². The molecule has 2 heterocycles. The van der Waals surface area contributed by atoms with Crippen LogP contribution in [0.2, 0.25) is 0 Å². The van der Waals surface area contributed by atoms with Gasteiger partial charge in [0.05, 0.1) is 26.6 Å². The average Bonchev–Trinajstić information content (AvgIpc) is 3.29. The van der Waals surface area contributed by atoms with E-state index in [1.165, 1.54) is 24.8 Å². The molecule has 2 aliphatic heterocycles. The normalized spacial score (nSPS) is 20.6. The Balaban J connectivity index is 0.000000349. The number of nitrogens with zero attached hydrogens (tertiary/aromatic N) is 1. The number of hydrogen-bond acceptors (Lipinski definition) is 8. The molecule has 2 fully saturated rings. The molecule has 5 N–H and O–H groups in total. The van der Waals surface area contributed by atoms with Crippen molar-refractivity contribution in [1.29, 1.82) is 0 Å². The molecule has 2 aliphatic rings. The average molecular weight is 553 g/mol. The summed E-state index contributed by atoms with van der Waals surface area (Å²) in [6, 6.07) is 9.14. The minimum Gasteiger partial charge on any atom is -0.497 e. The second-order valence-electron chi connectivity index (χ2n) is 11.9. The van der Waals surface area contributed by atoms with Crippen molar-refractivity contribution in [3.63, 3.8) is 0 Å². The van der Waals surface area contributed by atoms with Crippen molar-refractivity contribution >= 4 is 17.9 Å². The molecule has 1 atom stereocenters. The second kappa shape index (κ2) is 13.6. The van der Waals surface area contributed by atoms with Gasteiger partial charge in [0.1, 0.15) is 5.75 Å². The molecular formula is C28H44N2O9. The molecule has 39 heavy (non-hydrogen) atoms. The number of carbonyl (C=O) groups is 3. The number of carboxylic acid groups (broad SMARTS) is 3. The van der Waals surface area contributed by atoms with Crippen LogP contribution >= 0.6 is 0 Å². The van der Waals surface area contributed by atoms with Gasteiger partial charge in [-0.05, 0) is 70.6 Å². The fraction of sp³-hybridized carbons (Fsp3) is 0.679. The van der Waals surface area contributed by atoms with E-state index in [0.717, 1.165) is 32.1 Å². The summed E-state index contributed by atoms with van der Waals surface area (Å²) in [4.78, 5) is 33.2. The van der Waals surface area contributed by atoms with Crippen molar-refractivity contribution in [1.82, 2.24) is 10.2 Å². The van der Waals surface area contributed by atoms with E-state index in [1.807, 2.05) is 0 Å². The van der Waals surface area contributed by atoms with Crippen LogP contribution in [0, 0.1) is 5.92 Å². The molecule has 3 rings (SSSR count). The molecule has 11 heteroatoms. The Hall–Kier alpha value is -2.73. The molecule has 0 amide bonds. The van der Waals surface area contributed by atoms with Crippen LogP contribution in [0.1, 0.15) is 65.4 Å². The van der Waals surface area contributed by atoms with Crippen molar-refractivity contribution in [3.8, 4) is 5.75 Å². The molecule has 11 nitrogen and oxygen atoms in total. The predicted octanol–water partition coefficient (Wildman–Crippen LogP) is 2.59. The Morgan fingerprint density at radius 2 is 1.56 bits per heavy atom. The minimum absolute atomic E-state index is 0.163. The zero-order valence-electron chi connectivity index (χ0n) is 23.6. The molecular weight excluding hydrogens is 508 g/mol. The molecule has 0 bridgehead atoms. The summed E-state index contributed by atoms with van der Waals surface area (Å²) in [6.07, 6.45) is 1.26. The number of carboxylic acids is 3. The number of ether oxygens (including phenoxy) is 2. The summed E-state index contributed by atoms with van der Waals surface area (Å²) in [7, 11) is 1.72. The Kier molecular flexibility index (Phi) is 11.3. The monoisotopic (exact) mass is 552 g/mol. The predicted molar refractivity (Wildman–Crippen MR) is 144 cm³/mol. The molecule has 0 saturated carbocycles. The van der Waals surface area contributed by atoms with E-state index >= 15 is 0 Å². The number of nitrogens with one attached hydrogen (secondary N) is 1. The van der Waals surface area contributed by atoms with E-state index in [2.05, 4.69) is 62.2 Å². The zero-order chi connectivity index (χ0) is 29.4. The van der Waals surface area contributed by atoms with Crippen LogP contribution in [0.5, 0.6) is 5.75 Å². The molecule has 0 aliphatic carbocycles. The number of hydrogen-bond donors (Lipinski definition) is 5. The van der Waals surface area contributed by atoms with Crippen LogP contribution in [-0.4, -0.2) is 92.8 Å². The first kappa shape index (κ1) is 32.5. The molecule has 1 aromatic rings. The summed E-state index contributed by atoms with van der Waals surface area (Å²) in [5, 5.41) is 37.6. The van der Waals surface area contributed by atoms with Crippen LogP contribution in [-0.2, 0) is 25.7 Å². The third kappa shape index (κ3) is 10.7. The van der Waals surface area contributed by atoms with Gasteiger partial charge >= 0.3 is 17.9 Å². The number of aliphatic carboxylic acids is 3. The fourth-order valence-electron chi connectivity index (χ4n) is 5.61. The van der Waals surface area contributed by atoms with Crippen LogP contribution < -0.4 is 10.1 Å². The largest absolute Gasteiger partial charge is 0.497 e. The molecule has 0 radical (unpaired) electrons. The number of aliphatic hydroxyl groups is 1. The van der Waals surface area contributed by atoms with Gasteiger partial charge in [-0.3, -0.25) is 14.5 Å². The van der Waals surface area contributed by atoms with Gasteiger partial charge in [0.2, 0.25) is 0 Å². The van der Waals surface area contributed by atoms with Crippen LogP contribution in [0.15, 0.2) is 24.3 Å². The van der Waals surface area contributed by atoms with Crippen molar-refractivity contribution in [3.05, 3.63) is 29.8 Å². The Morgan fingerprint density at radius 1 is 1.03 bits per heavy atom. The maximum absolute atomic E-state index is 10.3.